The maximum Gasteiger partial charge on any atom is 0.141 e. The summed E-state index contributed by atoms with van der Waals surface area (Å²) in [5.41, 5.74) is 7.43. The van der Waals surface area contributed by atoms with Crippen molar-refractivity contribution in [1.29, 1.82) is 0 Å². The van der Waals surface area contributed by atoms with Crippen LogP contribution in [0.5, 0.6) is 11.5 Å². The summed E-state index contributed by atoms with van der Waals surface area (Å²) in [5.74, 6) is 1.73. The van der Waals surface area contributed by atoms with Crippen molar-refractivity contribution in [1.82, 2.24) is 0 Å². The van der Waals surface area contributed by atoms with E-state index in [4.69, 9.17) is 15.2 Å². The summed E-state index contributed by atoms with van der Waals surface area (Å²) in [5, 5.41) is 0. The molecule has 1 saturated carbocycles. The van der Waals surface area contributed by atoms with Crippen molar-refractivity contribution in [3.63, 3.8) is 0 Å². The van der Waals surface area contributed by atoms with E-state index in [9.17, 15) is 0 Å². The Bertz CT molecular complexity index is 428. The van der Waals surface area contributed by atoms with Gasteiger partial charge in [0.05, 0.1) is 19.1 Å². The van der Waals surface area contributed by atoms with Crippen molar-refractivity contribution in [3.05, 3.63) is 17.7 Å². The molecular weight excluding hydrogens is 246 g/mol. The monoisotopic (exact) mass is 267 g/mol. The molecule has 1 aliphatic rings. The van der Waals surface area contributed by atoms with Gasteiger partial charge in [0.25, 0.3) is 0 Å². The van der Waals surface area contributed by atoms with Crippen LogP contribution in [0.2, 0.25) is 0 Å². The van der Waals surface area contributed by atoms with Crippen LogP contribution >= 0.6 is 11.8 Å². The second-order valence-electron chi connectivity index (χ2n) is 4.75. The van der Waals surface area contributed by atoms with Gasteiger partial charge < -0.3 is 15.2 Å². The van der Waals surface area contributed by atoms with Gasteiger partial charge in [0.2, 0.25) is 0 Å². The van der Waals surface area contributed by atoms with Gasteiger partial charge in [-0.05, 0) is 31.2 Å². The topological polar surface area (TPSA) is 44.5 Å². The summed E-state index contributed by atoms with van der Waals surface area (Å²) in [6.07, 6.45) is 6.48. The molecule has 2 rings (SSSR count). The van der Waals surface area contributed by atoms with E-state index in [0.717, 1.165) is 34.8 Å². The fourth-order valence-electron chi connectivity index (χ4n) is 2.77. The number of rotatable bonds is 4. The maximum atomic E-state index is 6.54. The van der Waals surface area contributed by atoms with E-state index in [-0.39, 0.29) is 5.54 Å². The Labute approximate surface area is 113 Å². The molecule has 0 unspecified atom stereocenters. The minimum absolute atomic E-state index is 0.234. The van der Waals surface area contributed by atoms with Crippen molar-refractivity contribution in [2.24, 2.45) is 5.73 Å². The van der Waals surface area contributed by atoms with Gasteiger partial charge in [-0.2, -0.15) is 0 Å². The van der Waals surface area contributed by atoms with Gasteiger partial charge >= 0.3 is 0 Å². The van der Waals surface area contributed by atoms with Gasteiger partial charge in [0.1, 0.15) is 11.5 Å². The standard InChI is InChI=1S/C14H21NO2S/c1-16-11-7-6-10(12(17-2)13(11)18-3)14(15)8-4-5-9-14/h6-7H,4-5,8-9,15H2,1-3H3. The molecule has 0 amide bonds. The first kappa shape index (κ1) is 13.6. The van der Waals surface area contributed by atoms with Crippen molar-refractivity contribution in [3.8, 4) is 11.5 Å². The third-order valence-corrected chi connectivity index (χ3v) is 4.53. The molecule has 1 aromatic rings. The van der Waals surface area contributed by atoms with E-state index in [0.29, 0.717) is 0 Å². The van der Waals surface area contributed by atoms with Crippen LogP contribution in [0.4, 0.5) is 0 Å². The van der Waals surface area contributed by atoms with Crippen molar-refractivity contribution in [2.45, 2.75) is 36.1 Å². The predicted molar refractivity (Wildman–Crippen MR) is 75.7 cm³/mol. The van der Waals surface area contributed by atoms with Crippen molar-refractivity contribution >= 4 is 11.8 Å². The molecule has 0 aliphatic heterocycles. The van der Waals surface area contributed by atoms with Crippen LogP contribution < -0.4 is 15.2 Å². The first-order valence-corrected chi connectivity index (χ1v) is 7.47. The molecule has 1 aliphatic carbocycles. The van der Waals surface area contributed by atoms with E-state index in [1.807, 2.05) is 12.3 Å². The zero-order chi connectivity index (χ0) is 13.2. The molecule has 2 N–H and O–H groups in total. The number of thioether (sulfide) groups is 1. The van der Waals surface area contributed by atoms with Gasteiger partial charge in [0, 0.05) is 11.1 Å². The molecule has 1 aromatic carbocycles. The van der Waals surface area contributed by atoms with E-state index in [1.165, 1.54) is 12.8 Å². The third-order valence-electron chi connectivity index (χ3n) is 3.74. The van der Waals surface area contributed by atoms with Gasteiger partial charge in [-0.3, -0.25) is 0 Å². The van der Waals surface area contributed by atoms with Gasteiger partial charge in [-0.25, -0.2) is 0 Å². The molecule has 0 heterocycles. The smallest absolute Gasteiger partial charge is 0.141 e. The normalized spacial score (nSPS) is 17.8. The lowest BCUT2D eigenvalue weighted by Gasteiger charge is -2.28. The SMILES string of the molecule is COc1ccc(C2(N)CCCC2)c(OC)c1SC. The van der Waals surface area contributed by atoms with E-state index in [1.54, 1.807) is 26.0 Å². The number of methoxy groups -OCH3 is 2. The Morgan fingerprint density at radius 1 is 1.17 bits per heavy atom. The number of nitrogens with two attached hydrogens (primary N) is 1. The van der Waals surface area contributed by atoms with E-state index in [2.05, 4.69) is 6.07 Å². The van der Waals surface area contributed by atoms with Gasteiger partial charge in [-0.15, -0.1) is 11.8 Å². The third kappa shape index (κ3) is 2.19. The molecule has 3 nitrogen and oxygen atoms in total. The number of hydrogen-bond acceptors (Lipinski definition) is 4. The molecule has 18 heavy (non-hydrogen) atoms. The number of hydrogen-bond donors (Lipinski definition) is 1. The Morgan fingerprint density at radius 3 is 2.33 bits per heavy atom. The maximum absolute atomic E-state index is 6.54. The summed E-state index contributed by atoms with van der Waals surface area (Å²) >= 11 is 1.64. The fourth-order valence-corrected chi connectivity index (χ4v) is 3.50. The van der Waals surface area contributed by atoms with Crippen LogP contribution in [0.3, 0.4) is 0 Å². The highest BCUT2D eigenvalue weighted by Gasteiger charge is 2.35. The summed E-state index contributed by atoms with van der Waals surface area (Å²) in [6, 6.07) is 4.05. The Hall–Kier alpha value is -0.870. The molecule has 0 aromatic heterocycles. The lowest BCUT2D eigenvalue weighted by atomic mass is 9.88. The summed E-state index contributed by atoms with van der Waals surface area (Å²) in [4.78, 5) is 1.04. The number of benzene rings is 1. The first-order chi connectivity index (χ1) is 8.66. The van der Waals surface area contributed by atoms with Gasteiger partial charge in [-0.1, -0.05) is 12.8 Å². The highest BCUT2D eigenvalue weighted by Crippen LogP contribution is 2.46. The molecule has 0 atom stereocenters. The molecule has 0 bridgehead atoms. The quantitative estimate of drug-likeness (QED) is 0.851. The summed E-state index contributed by atoms with van der Waals surface area (Å²) < 4.78 is 11.0. The average Bonchev–Trinajstić information content (AvgIpc) is 2.84. The average molecular weight is 267 g/mol. The largest absolute Gasteiger partial charge is 0.495 e. The van der Waals surface area contributed by atoms with Gasteiger partial charge in [0.15, 0.2) is 0 Å². The van der Waals surface area contributed by atoms with Crippen LogP contribution in [-0.4, -0.2) is 20.5 Å². The van der Waals surface area contributed by atoms with Crippen molar-refractivity contribution in [2.75, 3.05) is 20.5 Å². The fraction of sp³-hybridized carbons (Fsp3) is 0.571. The Kier molecular flexibility index (Phi) is 4.07. The zero-order valence-electron chi connectivity index (χ0n) is 11.3. The second-order valence-corrected chi connectivity index (χ2v) is 5.56. The Balaban J connectivity index is 2.54. The van der Waals surface area contributed by atoms with Crippen LogP contribution in [0.1, 0.15) is 31.2 Å². The van der Waals surface area contributed by atoms with E-state index < -0.39 is 0 Å². The molecule has 0 saturated heterocycles. The van der Waals surface area contributed by atoms with E-state index >= 15 is 0 Å². The minimum atomic E-state index is -0.234. The highest BCUT2D eigenvalue weighted by atomic mass is 32.2. The first-order valence-electron chi connectivity index (χ1n) is 6.24. The molecule has 0 spiro atoms. The molecule has 4 heteroatoms. The lowest BCUT2D eigenvalue weighted by molar-refractivity contribution is 0.355. The lowest BCUT2D eigenvalue weighted by Crippen LogP contribution is -2.33. The number of ether oxygens (including phenoxy) is 2. The molecule has 0 radical (unpaired) electrons. The zero-order valence-corrected chi connectivity index (χ0v) is 12.1. The second kappa shape index (κ2) is 5.41. The summed E-state index contributed by atoms with van der Waals surface area (Å²) in [6.45, 7) is 0. The minimum Gasteiger partial charge on any atom is -0.495 e. The summed E-state index contributed by atoms with van der Waals surface area (Å²) in [7, 11) is 3.39. The molecule has 100 valence electrons. The highest BCUT2D eigenvalue weighted by molar-refractivity contribution is 7.98. The predicted octanol–water partition coefficient (Wildman–Crippen LogP) is 3.15. The molecule has 1 fully saturated rings. The Morgan fingerprint density at radius 2 is 1.83 bits per heavy atom. The van der Waals surface area contributed by atoms with Crippen LogP contribution in [0.15, 0.2) is 17.0 Å². The van der Waals surface area contributed by atoms with Crippen LogP contribution in [-0.2, 0) is 5.54 Å². The molecular formula is C14H21NO2S. The van der Waals surface area contributed by atoms with Crippen molar-refractivity contribution < 1.29 is 9.47 Å². The van der Waals surface area contributed by atoms with Crippen LogP contribution in [0, 0.1) is 0 Å². The van der Waals surface area contributed by atoms with Crippen LogP contribution in [0.25, 0.3) is 0 Å².